The minimum Gasteiger partial charge on any atom is -0.477 e. The van der Waals surface area contributed by atoms with Gasteiger partial charge in [0.05, 0.1) is 16.3 Å². The molecule has 3 nitrogen and oxygen atoms in total. The van der Waals surface area contributed by atoms with E-state index in [0.29, 0.717) is 17.1 Å². The summed E-state index contributed by atoms with van der Waals surface area (Å²) in [5.41, 5.74) is 0.642. The standard InChI is InChI=1S/C14H13ClFNO2S/c1-7(2)6-10-12(14(18)19)20-13(17-10)11-8(15)4-3-5-9(11)16/h3-5,7H,6H2,1-2H3,(H,18,19). The second-order valence-electron chi connectivity index (χ2n) is 4.79. The van der Waals surface area contributed by atoms with Gasteiger partial charge in [-0.1, -0.05) is 31.5 Å². The van der Waals surface area contributed by atoms with Crippen molar-refractivity contribution in [2.24, 2.45) is 5.92 Å². The number of halogens is 2. The van der Waals surface area contributed by atoms with Gasteiger partial charge >= 0.3 is 5.97 Å². The molecule has 1 aromatic heterocycles. The van der Waals surface area contributed by atoms with Gasteiger partial charge in [0.2, 0.25) is 0 Å². The van der Waals surface area contributed by atoms with Crippen molar-refractivity contribution in [1.82, 2.24) is 4.98 Å². The highest BCUT2D eigenvalue weighted by atomic mass is 35.5. The van der Waals surface area contributed by atoms with Crippen molar-refractivity contribution < 1.29 is 14.3 Å². The van der Waals surface area contributed by atoms with Gasteiger partial charge in [0.25, 0.3) is 0 Å². The molecule has 0 atom stereocenters. The number of thiazole rings is 1. The summed E-state index contributed by atoms with van der Waals surface area (Å²) < 4.78 is 13.9. The second kappa shape index (κ2) is 5.89. The third-order valence-corrected chi connectivity index (χ3v) is 4.09. The van der Waals surface area contributed by atoms with E-state index < -0.39 is 11.8 Å². The maximum atomic E-state index is 13.9. The average molecular weight is 314 g/mol. The Bertz CT molecular complexity index is 634. The summed E-state index contributed by atoms with van der Waals surface area (Å²) >= 11 is 6.95. The molecular weight excluding hydrogens is 301 g/mol. The molecular formula is C14H13ClFNO2S. The third kappa shape index (κ3) is 2.99. The number of nitrogens with zero attached hydrogens (tertiary/aromatic N) is 1. The molecule has 6 heteroatoms. The van der Waals surface area contributed by atoms with Crippen LogP contribution in [0.3, 0.4) is 0 Å². The van der Waals surface area contributed by atoms with Crippen LogP contribution >= 0.6 is 22.9 Å². The van der Waals surface area contributed by atoms with Gasteiger partial charge in [0.1, 0.15) is 15.7 Å². The van der Waals surface area contributed by atoms with Crippen LogP contribution in [0.2, 0.25) is 5.02 Å². The number of carbonyl (C=O) groups is 1. The van der Waals surface area contributed by atoms with Crippen molar-refractivity contribution in [3.05, 3.63) is 39.6 Å². The fourth-order valence-corrected chi connectivity index (χ4v) is 3.15. The molecule has 20 heavy (non-hydrogen) atoms. The normalized spacial score (nSPS) is 11.1. The number of carboxylic acid groups (broad SMARTS) is 1. The summed E-state index contributed by atoms with van der Waals surface area (Å²) in [6, 6.07) is 4.34. The highest BCUT2D eigenvalue weighted by Crippen LogP contribution is 2.35. The van der Waals surface area contributed by atoms with Gasteiger partial charge in [0, 0.05) is 0 Å². The van der Waals surface area contributed by atoms with E-state index in [-0.39, 0.29) is 21.4 Å². The Morgan fingerprint density at radius 1 is 1.50 bits per heavy atom. The number of hydrogen-bond donors (Lipinski definition) is 1. The molecule has 0 bridgehead atoms. The van der Waals surface area contributed by atoms with Crippen LogP contribution < -0.4 is 0 Å². The fourth-order valence-electron chi connectivity index (χ4n) is 1.85. The minimum atomic E-state index is -1.04. The third-order valence-electron chi connectivity index (χ3n) is 2.67. The summed E-state index contributed by atoms with van der Waals surface area (Å²) in [4.78, 5) is 15.7. The summed E-state index contributed by atoms with van der Waals surface area (Å²) in [6.07, 6.45) is 0.532. The predicted molar refractivity (Wildman–Crippen MR) is 78.0 cm³/mol. The lowest BCUT2D eigenvalue weighted by Crippen LogP contribution is -2.02. The Kier molecular flexibility index (Phi) is 4.40. The van der Waals surface area contributed by atoms with Crippen molar-refractivity contribution >= 4 is 28.9 Å². The predicted octanol–water partition coefficient (Wildman–Crippen LogP) is 4.50. The van der Waals surface area contributed by atoms with Gasteiger partial charge < -0.3 is 5.11 Å². The molecule has 0 unspecified atom stereocenters. The molecule has 1 aromatic carbocycles. The molecule has 0 aliphatic rings. The molecule has 1 N–H and O–H groups in total. The maximum absolute atomic E-state index is 13.9. The van der Waals surface area contributed by atoms with Gasteiger partial charge in [-0.25, -0.2) is 14.2 Å². The molecule has 0 aliphatic carbocycles. The Labute approximate surface area is 125 Å². The van der Waals surface area contributed by atoms with Gasteiger partial charge in [-0.15, -0.1) is 11.3 Å². The van der Waals surface area contributed by atoms with E-state index in [1.54, 1.807) is 6.07 Å². The lowest BCUT2D eigenvalue weighted by molar-refractivity contribution is 0.0700. The molecule has 0 fully saturated rings. The molecule has 0 aliphatic heterocycles. The van der Waals surface area contributed by atoms with E-state index >= 15 is 0 Å². The van der Waals surface area contributed by atoms with Crippen molar-refractivity contribution in [2.45, 2.75) is 20.3 Å². The molecule has 1 heterocycles. The van der Waals surface area contributed by atoms with E-state index in [1.807, 2.05) is 13.8 Å². The van der Waals surface area contributed by atoms with E-state index in [4.69, 9.17) is 11.6 Å². The van der Waals surface area contributed by atoms with E-state index in [2.05, 4.69) is 4.98 Å². The van der Waals surface area contributed by atoms with Gasteiger partial charge in [-0.3, -0.25) is 0 Å². The van der Waals surface area contributed by atoms with Gasteiger partial charge in [-0.05, 0) is 24.5 Å². The first-order chi connectivity index (χ1) is 9.40. The quantitative estimate of drug-likeness (QED) is 0.904. The van der Waals surface area contributed by atoms with Crippen molar-refractivity contribution in [3.63, 3.8) is 0 Å². The molecule has 0 amide bonds. The highest BCUT2D eigenvalue weighted by molar-refractivity contribution is 7.17. The zero-order valence-corrected chi connectivity index (χ0v) is 12.6. The van der Waals surface area contributed by atoms with Gasteiger partial charge in [0.15, 0.2) is 0 Å². The highest BCUT2D eigenvalue weighted by Gasteiger charge is 2.21. The molecule has 0 radical (unpaired) electrons. The topological polar surface area (TPSA) is 50.2 Å². The Hall–Kier alpha value is -1.46. The summed E-state index contributed by atoms with van der Waals surface area (Å²) in [5.74, 6) is -1.28. The number of benzene rings is 1. The summed E-state index contributed by atoms with van der Waals surface area (Å²) in [5, 5.41) is 9.76. The smallest absolute Gasteiger partial charge is 0.347 e. The monoisotopic (exact) mass is 313 g/mol. The Balaban J connectivity index is 2.56. The van der Waals surface area contributed by atoms with Crippen LogP contribution in [0, 0.1) is 11.7 Å². The first-order valence-corrected chi connectivity index (χ1v) is 7.27. The van der Waals surface area contributed by atoms with Crippen LogP contribution in [0.5, 0.6) is 0 Å². The number of aromatic nitrogens is 1. The molecule has 2 aromatic rings. The van der Waals surface area contributed by atoms with Crippen LogP contribution in [0.4, 0.5) is 4.39 Å². The fraction of sp³-hybridized carbons (Fsp3) is 0.286. The van der Waals surface area contributed by atoms with Crippen molar-refractivity contribution in [1.29, 1.82) is 0 Å². The lowest BCUT2D eigenvalue weighted by Gasteiger charge is -2.02. The van der Waals surface area contributed by atoms with Crippen molar-refractivity contribution in [3.8, 4) is 10.6 Å². The number of aromatic carboxylic acids is 1. The maximum Gasteiger partial charge on any atom is 0.347 e. The summed E-state index contributed by atoms with van der Waals surface area (Å²) in [7, 11) is 0. The van der Waals surface area contributed by atoms with Crippen LogP contribution in [-0.4, -0.2) is 16.1 Å². The zero-order chi connectivity index (χ0) is 14.9. The molecule has 2 rings (SSSR count). The number of hydrogen-bond acceptors (Lipinski definition) is 3. The van der Waals surface area contributed by atoms with E-state index in [9.17, 15) is 14.3 Å². The van der Waals surface area contributed by atoms with E-state index in [0.717, 1.165) is 11.3 Å². The van der Waals surface area contributed by atoms with Crippen LogP contribution in [0.15, 0.2) is 18.2 Å². The average Bonchev–Trinajstić information content (AvgIpc) is 2.71. The number of rotatable bonds is 4. The first kappa shape index (κ1) is 14.9. The Morgan fingerprint density at radius 3 is 2.75 bits per heavy atom. The number of carboxylic acids is 1. The second-order valence-corrected chi connectivity index (χ2v) is 6.20. The van der Waals surface area contributed by atoms with Crippen LogP contribution in [0.1, 0.15) is 29.2 Å². The van der Waals surface area contributed by atoms with Crippen LogP contribution in [0.25, 0.3) is 10.6 Å². The van der Waals surface area contributed by atoms with Crippen LogP contribution in [-0.2, 0) is 6.42 Å². The van der Waals surface area contributed by atoms with Crippen molar-refractivity contribution in [2.75, 3.05) is 0 Å². The summed E-state index contributed by atoms with van der Waals surface area (Å²) in [6.45, 7) is 3.95. The molecule has 0 saturated heterocycles. The van der Waals surface area contributed by atoms with Gasteiger partial charge in [-0.2, -0.15) is 0 Å². The largest absolute Gasteiger partial charge is 0.477 e. The lowest BCUT2D eigenvalue weighted by atomic mass is 10.1. The zero-order valence-electron chi connectivity index (χ0n) is 11.0. The van der Waals surface area contributed by atoms with E-state index in [1.165, 1.54) is 12.1 Å². The Morgan fingerprint density at radius 2 is 2.20 bits per heavy atom. The first-order valence-electron chi connectivity index (χ1n) is 6.07. The molecule has 0 spiro atoms. The molecule has 0 saturated carbocycles. The SMILES string of the molecule is CC(C)Cc1nc(-c2c(F)cccc2Cl)sc1C(=O)O. The minimum absolute atomic E-state index is 0.146. The molecule has 106 valence electrons.